The number of hydrogen-bond acceptors (Lipinski definition) is 4. The third-order valence-corrected chi connectivity index (χ3v) is 3.79. The van der Waals surface area contributed by atoms with E-state index in [9.17, 15) is 4.79 Å². The van der Waals surface area contributed by atoms with Crippen LogP contribution >= 0.6 is 11.3 Å². The average molecular weight is 283 g/mol. The molecule has 0 fully saturated rings. The molecule has 0 aliphatic heterocycles. The molecule has 0 aliphatic rings. The second-order valence-electron chi connectivity index (χ2n) is 4.61. The number of hydrogen-bond donors (Lipinski definition) is 2. The summed E-state index contributed by atoms with van der Waals surface area (Å²) in [5, 5.41) is 19.6. The third-order valence-electron chi connectivity index (χ3n) is 2.87. The van der Waals surface area contributed by atoms with Crippen LogP contribution in [0.1, 0.15) is 30.7 Å². The summed E-state index contributed by atoms with van der Waals surface area (Å²) >= 11 is 1.63. The number of carboxylic acid groups (broad SMARTS) is 1. The molecule has 5 heteroatoms. The van der Waals surface area contributed by atoms with Crippen molar-refractivity contribution in [2.24, 2.45) is 0 Å². The Bertz CT molecular complexity index is 426. The van der Waals surface area contributed by atoms with E-state index < -0.39 is 5.97 Å². The molecule has 0 spiro atoms. The van der Waals surface area contributed by atoms with Crippen molar-refractivity contribution < 1.29 is 15.0 Å². The number of nitrogens with zero attached hydrogens (tertiary/aromatic N) is 1. The van der Waals surface area contributed by atoms with Crippen LogP contribution in [0, 0.1) is 0 Å². The van der Waals surface area contributed by atoms with Crippen LogP contribution in [0.25, 0.3) is 6.08 Å². The molecule has 0 aliphatic carbocycles. The second-order valence-corrected chi connectivity index (χ2v) is 5.61. The van der Waals surface area contributed by atoms with E-state index in [1.165, 1.54) is 6.08 Å². The van der Waals surface area contributed by atoms with Crippen LogP contribution in [-0.4, -0.2) is 40.3 Å². The van der Waals surface area contributed by atoms with Gasteiger partial charge in [-0.25, -0.2) is 4.79 Å². The lowest BCUT2D eigenvalue weighted by molar-refractivity contribution is -0.131. The molecule has 106 valence electrons. The quantitative estimate of drug-likeness (QED) is 0.719. The zero-order valence-electron chi connectivity index (χ0n) is 11.4. The topological polar surface area (TPSA) is 60.8 Å². The number of carboxylic acids is 1. The fraction of sp³-hybridized carbons (Fsp3) is 0.500. The highest BCUT2D eigenvalue weighted by Gasteiger charge is 2.12. The Morgan fingerprint density at radius 2 is 2.26 bits per heavy atom. The Morgan fingerprint density at radius 1 is 1.53 bits per heavy atom. The Labute approximate surface area is 118 Å². The Hall–Kier alpha value is -1.17. The number of rotatable bonds is 8. The second kappa shape index (κ2) is 8.09. The van der Waals surface area contributed by atoms with Gasteiger partial charge in [0.25, 0.3) is 0 Å². The monoisotopic (exact) mass is 283 g/mol. The fourth-order valence-electron chi connectivity index (χ4n) is 1.77. The zero-order chi connectivity index (χ0) is 14.3. The standard InChI is InChI=1S/C14H21NO3S/c1-11(2)15(7-3-8-16)10-13-12(6-9-19-13)4-5-14(17)18/h4-6,9,11,16H,3,7-8,10H2,1-2H3,(H,17,18). The summed E-state index contributed by atoms with van der Waals surface area (Å²) in [6, 6.07) is 2.33. The first-order chi connectivity index (χ1) is 9.04. The van der Waals surface area contributed by atoms with Crippen molar-refractivity contribution in [3.63, 3.8) is 0 Å². The molecule has 0 amide bonds. The van der Waals surface area contributed by atoms with Crippen LogP contribution in [0.5, 0.6) is 0 Å². The van der Waals surface area contributed by atoms with E-state index >= 15 is 0 Å². The fourth-order valence-corrected chi connectivity index (χ4v) is 2.66. The Balaban J connectivity index is 2.74. The van der Waals surface area contributed by atoms with Crippen molar-refractivity contribution in [1.82, 2.24) is 4.90 Å². The summed E-state index contributed by atoms with van der Waals surface area (Å²) in [6.45, 7) is 6.07. The van der Waals surface area contributed by atoms with Gasteiger partial charge >= 0.3 is 5.97 Å². The minimum absolute atomic E-state index is 0.194. The van der Waals surface area contributed by atoms with Crippen molar-refractivity contribution in [2.75, 3.05) is 13.2 Å². The minimum Gasteiger partial charge on any atom is -0.478 e. The van der Waals surface area contributed by atoms with Crippen molar-refractivity contribution in [1.29, 1.82) is 0 Å². The molecular formula is C14H21NO3S. The number of aliphatic hydroxyl groups excluding tert-OH is 1. The van der Waals surface area contributed by atoms with Gasteiger partial charge < -0.3 is 10.2 Å². The largest absolute Gasteiger partial charge is 0.478 e. The van der Waals surface area contributed by atoms with Gasteiger partial charge in [-0.3, -0.25) is 4.90 Å². The first-order valence-corrected chi connectivity index (χ1v) is 7.25. The van der Waals surface area contributed by atoms with Gasteiger partial charge in [-0.05, 0) is 43.4 Å². The van der Waals surface area contributed by atoms with Crippen molar-refractivity contribution in [3.8, 4) is 0 Å². The predicted molar refractivity (Wildman–Crippen MR) is 78.2 cm³/mol. The van der Waals surface area contributed by atoms with Gasteiger partial charge in [-0.15, -0.1) is 11.3 Å². The molecule has 0 aromatic carbocycles. The van der Waals surface area contributed by atoms with Gasteiger partial charge in [0.1, 0.15) is 0 Å². The SMILES string of the molecule is CC(C)N(CCCO)Cc1sccc1C=CC(=O)O. The average Bonchev–Trinajstić information content (AvgIpc) is 2.78. The van der Waals surface area contributed by atoms with E-state index in [1.807, 2.05) is 11.4 Å². The molecule has 0 atom stereocenters. The Kier molecular flexibility index (Phi) is 6.77. The van der Waals surface area contributed by atoms with E-state index in [2.05, 4.69) is 18.7 Å². The van der Waals surface area contributed by atoms with Crippen molar-refractivity contribution in [3.05, 3.63) is 28.0 Å². The molecule has 0 bridgehead atoms. The van der Waals surface area contributed by atoms with Crippen LogP contribution < -0.4 is 0 Å². The highest BCUT2D eigenvalue weighted by Crippen LogP contribution is 2.21. The zero-order valence-corrected chi connectivity index (χ0v) is 12.2. The van der Waals surface area contributed by atoms with Crippen LogP contribution in [0.4, 0.5) is 0 Å². The maximum absolute atomic E-state index is 10.6. The normalized spacial score (nSPS) is 11.8. The highest BCUT2D eigenvalue weighted by atomic mass is 32.1. The molecule has 1 aromatic rings. The summed E-state index contributed by atoms with van der Waals surface area (Å²) in [5.41, 5.74) is 0.960. The van der Waals surface area contributed by atoms with E-state index in [1.54, 1.807) is 17.4 Å². The number of aliphatic hydroxyl groups is 1. The minimum atomic E-state index is -0.932. The van der Waals surface area contributed by atoms with E-state index in [-0.39, 0.29) is 6.61 Å². The van der Waals surface area contributed by atoms with Gasteiger partial charge in [0.2, 0.25) is 0 Å². The number of aliphatic carboxylic acids is 1. The molecule has 2 N–H and O–H groups in total. The summed E-state index contributed by atoms with van der Waals surface area (Å²) in [7, 11) is 0. The van der Waals surface area contributed by atoms with Crippen LogP contribution in [0.15, 0.2) is 17.5 Å². The highest BCUT2D eigenvalue weighted by molar-refractivity contribution is 7.10. The van der Waals surface area contributed by atoms with Crippen LogP contribution in [-0.2, 0) is 11.3 Å². The molecule has 0 radical (unpaired) electrons. The lowest BCUT2D eigenvalue weighted by Crippen LogP contribution is -2.31. The first kappa shape index (κ1) is 15.9. The van der Waals surface area contributed by atoms with E-state index in [0.717, 1.165) is 30.0 Å². The first-order valence-electron chi connectivity index (χ1n) is 6.37. The summed E-state index contributed by atoms with van der Waals surface area (Å²) < 4.78 is 0. The number of carbonyl (C=O) groups is 1. The molecule has 4 nitrogen and oxygen atoms in total. The predicted octanol–water partition coefficient (Wildman–Crippen LogP) is 2.44. The number of thiophene rings is 1. The van der Waals surface area contributed by atoms with Crippen molar-refractivity contribution in [2.45, 2.75) is 32.9 Å². The lowest BCUT2D eigenvalue weighted by Gasteiger charge is -2.25. The van der Waals surface area contributed by atoms with Gasteiger partial charge in [-0.2, -0.15) is 0 Å². The molecule has 0 saturated heterocycles. The summed E-state index contributed by atoms with van der Waals surface area (Å²) in [6.07, 6.45) is 3.56. The molecule has 0 saturated carbocycles. The molecule has 19 heavy (non-hydrogen) atoms. The molecule has 0 unspecified atom stereocenters. The summed E-state index contributed by atoms with van der Waals surface area (Å²) in [5.74, 6) is -0.932. The Morgan fingerprint density at radius 3 is 2.84 bits per heavy atom. The van der Waals surface area contributed by atoms with Crippen molar-refractivity contribution >= 4 is 23.4 Å². The maximum Gasteiger partial charge on any atom is 0.328 e. The maximum atomic E-state index is 10.6. The van der Waals surface area contributed by atoms with Gasteiger partial charge in [0.05, 0.1) is 0 Å². The van der Waals surface area contributed by atoms with E-state index in [0.29, 0.717) is 6.04 Å². The third kappa shape index (κ3) is 5.55. The van der Waals surface area contributed by atoms with Gasteiger partial charge in [-0.1, -0.05) is 0 Å². The van der Waals surface area contributed by atoms with Crippen LogP contribution in [0.2, 0.25) is 0 Å². The smallest absolute Gasteiger partial charge is 0.328 e. The lowest BCUT2D eigenvalue weighted by atomic mass is 10.2. The van der Waals surface area contributed by atoms with Gasteiger partial charge in [0.15, 0.2) is 0 Å². The molecule has 1 rings (SSSR count). The summed E-state index contributed by atoms with van der Waals surface area (Å²) in [4.78, 5) is 14.0. The van der Waals surface area contributed by atoms with E-state index in [4.69, 9.17) is 10.2 Å². The molecule has 1 heterocycles. The van der Waals surface area contributed by atoms with Gasteiger partial charge in [0, 0.05) is 36.7 Å². The molecule has 1 aromatic heterocycles. The van der Waals surface area contributed by atoms with Crippen LogP contribution in [0.3, 0.4) is 0 Å². The molecular weight excluding hydrogens is 262 g/mol.